The highest BCUT2D eigenvalue weighted by atomic mass is 16.5. The quantitative estimate of drug-likeness (QED) is 0.883. The molecule has 0 aliphatic carbocycles. The van der Waals surface area contributed by atoms with Crippen LogP contribution in [0.3, 0.4) is 0 Å². The topological polar surface area (TPSA) is 29.5 Å². The van der Waals surface area contributed by atoms with Crippen LogP contribution in [0.25, 0.3) is 0 Å². The van der Waals surface area contributed by atoms with E-state index in [4.69, 9.17) is 4.74 Å². The van der Waals surface area contributed by atoms with Crippen molar-refractivity contribution in [3.05, 3.63) is 34.9 Å². The zero-order valence-corrected chi connectivity index (χ0v) is 12.5. The molecule has 0 saturated carbocycles. The third-order valence-electron chi connectivity index (χ3n) is 4.04. The molecule has 0 bridgehead atoms. The maximum absolute atomic E-state index is 10.6. The van der Waals surface area contributed by atoms with Crippen LogP contribution < -0.4 is 0 Å². The molecule has 0 aromatic heterocycles. The molecule has 2 heteroatoms. The molecule has 2 unspecified atom stereocenters. The molecule has 2 atom stereocenters. The van der Waals surface area contributed by atoms with Gasteiger partial charge < -0.3 is 9.84 Å². The lowest BCUT2D eigenvalue weighted by Crippen LogP contribution is -2.19. The lowest BCUT2D eigenvalue weighted by molar-refractivity contribution is -0.00311. The lowest BCUT2D eigenvalue weighted by atomic mass is 9.87. The predicted octanol–water partition coefficient (Wildman–Crippen LogP) is 4.15. The van der Waals surface area contributed by atoms with E-state index in [-0.39, 0.29) is 6.10 Å². The molecule has 0 spiro atoms. The summed E-state index contributed by atoms with van der Waals surface area (Å²) >= 11 is 0. The van der Waals surface area contributed by atoms with Crippen LogP contribution in [0.5, 0.6) is 0 Å². The maximum atomic E-state index is 10.6. The van der Waals surface area contributed by atoms with E-state index in [1.54, 1.807) is 0 Å². The Labute approximate surface area is 116 Å². The largest absolute Gasteiger partial charge is 0.386 e. The van der Waals surface area contributed by atoms with Crippen molar-refractivity contribution in [2.24, 2.45) is 0 Å². The molecule has 1 aromatic carbocycles. The van der Waals surface area contributed by atoms with Gasteiger partial charge in [-0.3, -0.25) is 0 Å². The van der Waals surface area contributed by atoms with Gasteiger partial charge in [0, 0.05) is 6.61 Å². The van der Waals surface area contributed by atoms with Gasteiger partial charge in [0.15, 0.2) is 0 Å². The zero-order chi connectivity index (χ0) is 14.0. The molecule has 19 heavy (non-hydrogen) atoms. The second kappa shape index (κ2) is 6.06. The molecule has 1 aliphatic heterocycles. The highest BCUT2D eigenvalue weighted by Crippen LogP contribution is 2.33. The Hall–Kier alpha value is -0.860. The highest BCUT2D eigenvalue weighted by molar-refractivity contribution is 5.37. The van der Waals surface area contributed by atoms with Crippen LogP contribution in [0.4, 0.5) is 0 Å². The van der Waals surface area contributed by atoms with E-state index in [2.05, 4.69) is 45.9 Å². The Morgan fingerprint density at radius 1 is 1.11 bits per heavy atom. The van der Waals surface area contributed by atoms with Crippen molar-refractivity contribution in [2.75, 3.05) is 6.61 Å². The van der Waals surface area contributed by atoms with E-state index in [0.29, 0.717) is 11.8 Å². The van der Waals surface area contributed by atoms with Crippen molar-refractivity contribution in [3.63, 3.8) is 0 Å². The Morgan fingerprint density at radius 2 is 1.84 bits per heavy atom. The van der Waals surface area contributed by atoms with Crippen molar-refractivity contribution in [1.29, 1.82) is 0 Å². The summed E-state index contributed by atoms with van der Waals surface area (Å²) in [5, 5.41) is 10.6. The normalized spacial score (nSPS) is 21.3. The number of hydrogen-bond acceptors (Lipinski definition) is 2. The van der Waals surface area contributed by atoms with Gasteiger partial charge in [-0.05, 0) is 41.4 Å². The number of aliphatic hydroxyl groups excluding tert-OH is 1. The van der Waals surface area contributed by atoms with E-state index >= 15 is 0 Å². The standard InChI is InChI=1S/C17H26O2/c1-11(2)13-7-8-14(15(10-13)12(3)4)17(18)16-6-5-9-19-16/h7-8,10-12,16-18H,5-6,9H2,1-4H3. The summed E-state index contributed by atoms with van der Waals surface area (Å²) in [6, 6.07) is 6.49. The third-order valence-corrected chi connectivity index (χ3v) is 4.04. The van der Waals surface area contributed by atoms with Crippen LogP contribution >= 0.6 is 0 Å². The van der Waals surface area contributed by atoms with Crippen LogP contribution in [0.2, 0.25) is 0 Å². The van der Waals surface area contributed by atoms with Crippen molar-refractivity contribution in [1.82, 2.24) is 0 Å². The highest BCUT2D eigenvalue weighted by Gasteiger charge is 2.27. The minimum absolute atomic E-state index is 0.0256. The number of aliphatic hydroxyl groups is 1. The molecule has 0 amide bonds. The molecule has 1 N–H and O–H groups in total. The first-order valence-electron chi connectivity index (χ1n) is 7.44. The molecule has 106 valence electrons. The summed E-state index contributed by atoms with van der Waals surface area (Å²) in [6.45, 7) is 9.56. The number of benzene rings is 1. The van der Waals surface area contributed by atoms with Gasteiger partial charge in [-0.15, -0.1) is 0 Å². The van der Waals surface area contributed by atoms with E-state index in [1.165, 1.54) is 11.1 Å². The van der Waals surface area contributed by atoms with Gasteiger partial charge in [-0.2, -0.15) is 0 Å². The van der Waals surface area contributed by atoms with Crippen molar-refractivity contribution < 1.29 is 9.84 Å². The van der Waals surface area contributed by atoms with Gasteiger partial charge in [0.1, 0.15) is 6.10 Å². The first kappa shape index (κ1) is 14.5. The molecule has 2 nitrogen and oxygen atoms in total. The number of ether oxygens (including phenoxy) is 1. The van der Waals surface area contributed by atoms with Crippen LogP contribution in [-0.4, -0.2) is 17.8 Å². The Bertz CT molecular complexity index is 417. The first-order chi connectivity index (χ1) is 9.00. The predicted molar refractivity (Wildman–Crippen MR) is 78.6 cm³/mol. The fourth-order valence-corrected chi connectivity index (χ4v) is 2.77. The average molecular weight is 262 g/mol. The smallest absolute Gasteiger partial charge is 0.105 e. The maximum Gasteiger partial charge on any atom is 0.105 e. The van der Waals surface area contributed by atoms with E-state index < -0.39 is 6.10 Å². The molecule has 1 fully saturated rings. The van der Waals surface area contributed by atoms with Crippen molar-refractivity contribution in [3.8, 4) is 0 Å². The van der Waals surface area contributed by atoms with Crippen molar-refractivity contribution in [2.45, 2.75) is 64.6 Å². The minimum atomic E-state index is -0.485. The molecule has 0 radical (unpaired) electrons. The van der Waals surface area contributed by atoms with Crippen LogP contribution in [0, 0.1) is 0 Å². The molecule has 1 aliphatic rings. The number of rotatable bonds is 4. The second-order valence-electron chi connectivity index (χ2n) is 6.19. The number of hydrogen-bond donors (Lipinski definition) is 1. The SMILES string of the molecule is CC(C)c1ccc(C(O)C2CCCO2)c(C(C)C)c1. The summed E-state index contributed by atoms with van der Waals surface area (Å²) in [5.41, 5.74) is 3.65. The van der Waals surface area contributed by atoms with Gasteiger partial charge in [0.05, 0.1) is 6.10 Å². The lowest BCUT2D eigenvalue weighted by Gasteiger charge is -2.23. The minimum Gasteiger partial charge on any atom is -0.386 e. The van der Waals surface area contributed by atoms with Gasteiger partial charge >= 0.3 is 0 Å². The van der Waals surface area contributed by atoms with Gasteiger partial charge in [0.2, 0.25) is 0 Å². The summed E-state index contributed by atoms with van der Waals surface area (Å²) in [7, 11) is 0. The molecule has 1 saturated heterocycles. The molecule has 1 heterocycles. The summed E-state index contributed by atoms with van der Waals surface area (Å²) in [4.78, 5) is 0. The van der Waals surface area contributed by atoms with Crippen LogP contribution in [0.1, 0.15) is 75.2 Å². The fourth-order valence-electron chi connectivity index (χ4n) is 2.77. The summed E-state index contributed by atoms with van der Waals surface area (Å²) < 4.78 is 5.63. The summed E-state index contributed by atoms with van der Waals surface area (Å²) in [6.07, 6.45) is 1.51. The molecule has 1 aromatic rings. The molecule has 2 rings (SSSR count). The summed E-state index contributed by atoms with van der Waals surface area (Å²) in [5.74, 6) is 0.941. The average Bonchev–Trinajstić information content (AvgIpc) is 2.90. The Kier molecular flexibility index (Phi) is 4.64. The second-order valence-corrected chi connectivity index (χ2v) is 6.19. The third kappa shape index (κ3) is 3.18. The van der Waals surface area contributed by atoms with E-state index in [1.807, 2.05) is 0 Å². The van der Waals surface area contributed by atoms with Crippen LogP contribution in [-0.2, 0) is 4.74 Å². The van der Waals surface area contributed by atoms with Gasteiger partial charge in [-0.25, -0.2) is 0 Å². The molecular formula is C17H26O2. The monoisotopic (exact) mass is 262 g/mol. The Morgan fingerprint density at radius 3 is 2.37 bits per heavy atom. The fraction of sp³-hybridized carbons (Fsp3) is 0.647. The van der Waals surface area contributed by atoms with E-state index in [0.717, 1.165) is 25.0 Å². The first-order valence-corrected chi connectivity index (χ1v) is 7.44. The van der Waals surface area contributed by atoms with Gasteiger partial charge in [-0.1, -0.05) is 45.9 Å². The Balaban J connectivity index is 2.32. The molecular weight excluding hydrogens is 236 g/mol. The zero-order valence-electron chi connectivity index (χ0n) is 12.5. The van der Waals surface area contributed by atoms with Crippen molar-refractivity contribution >= 4 is 0 Å². The van der Waals surface area contributed by atoms with E-state index in [9.17, 15) is 5.11 Å². The van der Waals surface area contributed by atoms with Crippen LogP contribution in [0.15, 0.2) is 18.2 Å². The van der Waals surface area contributed by atoms with Gasteiger partial charge in [0.25, 0.3) is 0 Å².